The molecule has 0 aromatic heterocycles. The molecule has 0 spiro atoms. The van der Waals surface area contributed by atoms with E-state index in [4.69, 9.17) is 6.42 Å². The molecule has 29 heavy (non-hydrogen) atoms. The van der Waals surface area contributed by atoms with Gasteiger partial charge in [0.05, 0.1) is 11.4 Å². The van der Waals surface area contributed by atoms with Gasteiger partial charge in [0.2, 0.25) is 15.9 Å². The van der Waals surface area contributed by atoms with E-state index < -0.39 is 21.3 Å². The molecule has 7 nitrogen and oxygen atoms in total. The highest BCUT2D eigenvalue weighted by atomic mass is 32.2. The zero-order chi connectivity index (χ0) is 21.7. The van der Waals surface area contributed by atoms with E-state index in [1.54, 1.807) is 45.0 Å². The van der Waals surface area contributed by atoms with E-state index in [1.807, 2.05) is 0 Å². The summed E-state index contributed by atoms with van der Waals surface area (Å²) in [5.74, 6) is 1.55. The molecule has 0 aliphatic rings. The Labute approximate surface area is 171 Å². The normalized spacial score (nSPS) is 11.4. The molecule has 2 rings (SSSR count). The summed E-state index contributed by atoms with van der Waals surface area (Å²) in [6.07, 6.45) is 5.08. The van der Waals surface area contributed by atoms with Gasteiger partial charge in [-0.25, -0.2) is 8.42 Å². The molecule has 0 aliphatic heterocycles. The molecule has 0 heterocycles. The number of nitrogens with one attached hydrogen (secondary N) is 3. The first kappa shape index (κ1) is 22.1. The number of rotatable bonds is 6. The fourth-order valence-electron chi connectivity index (χ4n) is 2.22. The van der Waals surface area contributed by atoms with Crippen molar-refractivity contribution in [3.05, 3.63) is 54.1 Å². The first-order valence-corrected chi connectivity index (χ1v) is 10.3. The summed E-state index contributed by atoms with van der Waals surface area (Å²) in [4.78, 5) is 24.6. The Morgan fingerprint density at radius 3 is 2.24 bits per heavy atom. The lowest BCUT2D eigenvalue weighted by molar-refractivity contribution is -0.123. The third kappa shape index (κ3) is 6.17. The molecule has 0 saturated heterocycles. The molecule has 0 fully saturated rings. The van der Waals surface area contributed by atoms with Crippen LogP contribution in [0.5, 0.6) is 0 Å². The van der Waals surface area contributed by atoms with Gasteiger partial charge >= 0.3 is 0 Å². The Kier molecular flexibility index (Phi) is 6.80. The summed E-state index contributed by atoms with van der Waals surface area (Å²) < 4.78 is 26.6. The zero-order valence-electron chi connectivity index (χ0n) is 16.4. The summed E-state index contributed by atoms with van der Waals surface area (Å²) >= 11 is 0. The maximum atomic E-state index is 12.6. The average Bonchev–Trinajstić information content (AvgIpc) is 2.66. The minimum Gasteiger partial charge on any atom is -0.326 e. The molecule has 2 aromatic rings. The van der Waals surface area contributed by atoms with E-state index >= 15 is 0 Å². The van der Waals surface area contributed by atoms with Gasteiger partial charge in [0, 0.05) is 22.4 Å². The number of carbonyl (C=O) groups excluding carboxylic acids is 2. The molecule has 0 atom stereocenters. The van der Waals surface area contributed by atoms with E-state index in [-0.39, 0.29) is 22.9 Å². The van der Waals surface area contributed by atoms with Crippen LogP contribution >= 0.6 is 0 Å². The predicted molar refractivity (Wildman–Crippen MR) is 113 cm³/mol. The first-order chi connectivity index (χ1) is 13.5. The van der Waals surface area contributed by atoms with Crippen molar-refractivity contribution in [2.45, 2.75) is 25.7 Å². The van der Waals surface area contributed by atoms with Gasteiger partial charge in [-0.15, -0.1) is 6.42 Å². The van der Waals surface area contributed by atoms with Gasteiger partial charge in [-0.05, 0) is 36.4 Å². The number of sulfonamides is 1. The topological polar surface area (TPSA) is 104 Å². The fourth-order valence-corrected chi connectivity index (χ4v) is 3.20. The van der Waals surface area contributed by atoms with E-state index in [2.05, 4.69) is 21.3 Å². The smallest absolute Gasteiger partial charge is 0.255 e. The highest BCUT2D eigenvalue weighted by Gasteiger charge is 2.21. The lowest BCUT2D eigenvalue weighted by Crippen LogP contribution is -2.27. The summed E-state index contributed by atoms with van der Waals surface area (Å²) in [7, 11) is -3.81. The molecule has 0 unspecified atom stereocenters. The first-order valence-electron chi connectivity index (χ1n) is 8.79. The van der Waals surface area contributed by atoms with Crippen LogP contribution in [-0.4, -0.2) is 26.8 Å². The monoisotopic (exact) mass is 413 g/mol. The van der Waals surface area contributed by atoms with E-state index in [0.29, 0.717) is 11.4 Å². The molecule has 0 bridgehead atoms. The number of carbonyl (C=O) groups is 2. The summed E-state index contributed by atoms with van der Waals surface area (Å²) in [5.41, 5.74) is 0.606. The molecule has 0 saturated carbocycles. The molecule has 8 heteroatoms. The predicted octanol–water partition coefficient (Wildman–Crippen LogP) is 2.84. The second-order valence-corrected chi connectivity index (χ2v) is 9.06. The van der Waals surface area contributed by atoms with Gasteiger partial charge in [-0.1, -0.05) is 38.8 Å². The minimum absolute atomic E-state index is 0.0633. The number of anilines is 2. The quantitative estimate of drug-likeness (QED) is 0.634. The SMILES string of the molecule is C#CCNS(=O)(=O)c1cccc(C(=O)Nc2cccc(NC(=O)C(C)(C)C)c2)c1. The molecule has 0 radical (unpaired) electrons. The van der Waals surface area contributed by atoms with Crippen molar-refractivity contribution in [3.63, 3.8) is 0 Å². The minimum atomic E-state index is -3.81. The molecule has 3 N–H and O–H groups in total. The third-order valence-corrected chi connectivity index (χ3v) is 5.23. The van der Waals surface area contributed by atoms with Crippen molar-refractivity contribution in [2.24, 2.45) is 5.41 Å². The van der Waals surface area contributed by atoms with Gasteiger partial charge in [-0.2, -0.15) is 4.72 Å². The number of amides is 2. The van der Waals surface area contributed by atoms with Gasteiger partial charge in [0.1, 0.15) is 0 Å². The van der Waals surface area contributed by atoms with Crippen molar-refractivity contribution in [3.8, 4) is 12.3 Å². The number of hydrogen-bond acceptors (Lipinski definition) is 4. The summed E-state index contributed by atoms with van der Waals surface area (Å²) in [5, 5.41) is 5.48. The number of hydrogen-bond donors (Lipinski definition) is 3. The van der Waals surface area contributed by atoms with Crippen LogP contribution in [0.4, 0.5) is 11.4 Å². The van der Waals surface area contributed by atoms with Crippen molar-refractivity contribution in [2.75, 3.05) is 17.2 Å². The Balaban J connectivity index is 2.17. The Morgan fingerprint density at radius 2 is 1.62 bits per heavy atom. The average molecular weight is 413 g/mol. The Hall–Kier alpha value is -3.15. The number of terminal acetylenes is 1. The highest BCUT2D eigenvalue weighted by molar-refractivity contribution is 7.89. The largest absolute Gasteiger partial charge is 0.326 e. The maximum absolute atomic E-state index is 12.6. The van der Waals surface area contributed by atoms with Crippen LogP contribution in [0.25, 0.3) is 0 Å². The van der Waals surface area contributed by atoms with Crippen molar-refractivity contribution >= 4 is 33.2 Å². The molecule has 2 aromatic carbocycles. The zero-order valence-corrected chi connectivity index (χ0v) is 17.3. The van der Waals surface area contributed by atoms with Gasteiger partial charge in [0.15, 0.2) is 0 Å². The summed E-state index contributed by atoms with van der Waals surface area (Å²) in [6, 6.07) is 12.3. The van der Waals surface area contributed by atoms with Crippen LogP contribution in [-0.2, 0) is 14.8 Å². The van der Waals surface area contributed by atoms with Crippen LogP contribution in [0, 0.1) is 17.8 Å². The second kappa shape index (κ2) is 8.90. The third-order valence-electron chi connectivity index (χ3n) is 3.83. The van der Waals surface area contributed by atoms with Gasteiger partial charge in [-0.3, -0.25) is 9.59 Å². The van der Waals surface area contributed by atoms with E-state index in [0.717, 1.165) is 0 Å². The van der Waals surface area contributed by atoms with Crippen LogP contribution in [0.2, 0.25) is 0 Å². The Morgan fingerprint density at radius 1 is 1.00 bits per heavy atom. The number of benzene rings is 2. The van der Waals surface area contributed by atoms with Crippen molar-refractivity contribution < 1.29 is 18.0 Å². The molecular formula is C21H23N3O4S. The Bertz CT molecular complexity index is 1060. The fraction of sp³-hybridized carbons (Fsp3) is 0.238. The lowest BCUT2D eigenvalue weighted by atomic mass is 9.95. The van der Waals surface area contributed by atoms with E-state index in [1.165, 1.54) is 24.3 Å². The molecule has 0 aliphatic carbocycles. The van der Waals surface area contributed by atoms with Crippen LogP contribution < -0.4 is 15.4 Å². The van der Waals surface area contributed by atoms with E-state index in [9.17, 15) is 18.0 Å². The summed E-state index contributed by atoms with van der Waals surface area (Å²) in [6.45, 7) is 5.25. The van der Waals surface area contributed by atoms with Gasteiger partial charge in [0.25, 0.3) is 5.91 Å². The lowest BCUT2D eigenvalue weighted by Gasteiger charge is -2.18. The van der Waals surface area contributed by atoms with Crippen LogP contribution in [0.3, 0.4) is 0 Å². The molecular weight excluding hydrogens is 390 g/mol. The highest BCUT2D eigenvalue weighted by Crippen LogP contribution is 2.21. The van der Waals surface area contributed by atoms with Crippen LogP contribution in [0.15, 0.2) is 53.4 Å². The maximum Gasteiger partial charge on any atom is 0.255 e. The molecule has 152 valence electrons. The molecule has 2 amide bonds. The second-order valence-electron chi connectivity index (χ2n) is 7.30. The van der Waals surface area contributed by atoms with Crippen molar-refractivity contribution in [1.29, 1.82) is 0 Å². The van der Waals surface area contributed by atoms with Crippen LogP contribution in [0.1, 0.15) is 31.1 Å². The van der Waals surface area contributed by atoms with Gasteiger partial charge < -0.3 is 10.6 Å². The van der Waals surface area contributed by atoms with Crippen molar-refractivity contribution in [1.82, 2.24) is 4.72 Å². The standard InChI is InChI=1S/C21H23N3O4S/c1-5-12-22-29(27,28)18-11-6-8-15(13-18)19(25)23-16-9-7-10-17(14-16)24-20(26)21(2,3)4/h1,6-11,13-14,22H,12H2,2-4H3,(H,23,25)(H,24,26).